The first kappa shape index (κ1) is 17.7. The molecular formula is C17H24O6. The van der Waals surface area contributed by atoms with E-state index in [1.54, 1.807) is 0 Å². The van der Waals surface area contributed by atoms with E-state index in [-0.39, 0.29) is 23.9 Å². The highest BCUT2D eigenvalue weighted by Crippen LogP contribution is 2.37. The second kappa shape index (κ2) is 7.27. The fourth-order valence-corrected chi connectivity index (χ4v) is 3.24. The van der Waals surface area contributed by atoms with E-state index in [1.807, 2.05) is 19.9 Å². The number of ether oxygens (including phenoxy) is 2. The van der Waals surface area contributed by atoms with Crippen molar-refractivity contribution in [1.29, 1.82) is 0 Å². The minimum atomic E-state index is -0.624. The van der Waals surface area contributed by atoms with E-state index in [0.29, 0.717) is 24.8 Å². The first-order valence-electron chi connectivity index (χ1n) is 7.87. The molecule has 0 radical (unpaired) electrons. The topological polar surface area (TPSA) is 82.1 Å². The summed E-state index contributed by atoms with van der Waals surface area (Å²) in [6.45, 7) is 9.04. The van der Waals surface area contributed by atoms with E-state index in [1.165, 1.54) is 6.92 Å². The Hall–Kier alpha value is -1.66. The minimum Gasteiger partial charge on any atom is -0.458 e. The van der Waals surface area contributed by atoms with Gasteiger partial charge in [-0.3, -0.25) is 14.8 Å². The van der Waals surface area contributed by atoms with Gasteiger partial charge >= 0.3 is 11.9 Å². The highest BCUT2D eigenvalue weighted by molar-refractivity contribution is 5.75. The summed E-state index contributed by atoms with van der Waals surface area (Å²) in [4.78, 5) is 27.9. The Labute approximate surface area is 136 Å². The molecule has 1 N–H and O–H groups in total. The lowest BCUT2D eigenvalue weighted by Gasteiger charge is -2.29. The zero-order valence-electron chi connectivity index (χ0n) is 13.8. The van der Waals surface area contributed by atoms with Crippen LogP contribution >= 0.6 is 0 Å². The molecule has 1 saturated heterocycles. The lowest BCUT2D eigenvalue weighted by Crippen LogP contribution is -2.33. The van der Waals surface area contributed by atoms with Crippen LogP contribution in [0.3, 0.4) is 0 Å². The maximum absolute atomic E-state index is 11.9. The lowest BCUT2D eigenvalue weighted by atomic mass is 9.82. The van der Waals surface area contributed by atoms with Crippen LogP contribution in [0.5, 0.6) is 0 Å². The SMILES string of the molecule is C=C1C(OO)CC/C(C)=C/[C@H]2OC(=O)[C@@H](C)C2CC1OC(C)=O. The molecule has 1 aliphatic heterocycles. The normalized spacial score (nSPS) is 37.4. The highest BCUT2D eigenvalue weighted by Gasteiger charge is 2.43. The van der Waals surface area contributed by atoms with Gasteiger partial charge in [0.2, 0.25) is 0 Å². The number of hydrogen-bond acceptors (Lipinski definition) is 6. The largest absolute Gasteiger partial charge is 0.458 e. The molecule has 6 heteroatoms. The Morgan fingerprint density at radius 3 is 2.74 bits per heavy atom. The average molecular weight is 324 g/mol. The Morgan fingerprint density at radius 2 is 2.13 bits per heavy atom. The molecule has 0 aromatic carbocycles. The highest BCUT2D eigenvalue weighted by atomic mass is 17.1. The fraction of sp³-hybridized carbons (Fsp3) is 0.647. The first-order chi connectivity index (χ1) is 10.8. The third-order valence-electron chi connectivity index (χ3n) is 4.69. The van der Waals surface area contributed by atoms with E-state index in [0.717, 1.165) is 5.57 Å². The van der Waals surface area contributed by atoms with Crippen molar-refractivity contribution in [3.05, 3.63) is 23.8 Å². The van der Waals surface area contributed by atoms with Gasteiger partial charge < -0.3 is 9.47 Å². The number of hydrogen-bond donors (Lipinski definition) is 1. The second-order valence-corrected chi connectivity index (χ2v) is 6.41. The van der Waals surface area contributed by atoms with E-state index in [4.69, 9.17) is 14.7 Å². The second-order valence-electron chi connectivity index (χ2n) is 6.41. The van der Waals surface area contributed by atoms with E-state index >= 15 is 0 Å². The molecule has 128 valence electrons. The molecule has 0 amide bonds. The van der Waals surface area contributed by atoms with Crippen molar-refractivity contribution in [3.63, 3.8) is 0 Å². The monoisotopic (exact) mass is 324 g/mol. The molecule has 0 bridgehead atoms. The summed E-state index contributed by atoms with van der Waals surface area (Å²) in [5.74, 6) is -1.09. The van der Waals surface area contributed by atoms with Crippen LogP contribution in [0.15, 0.2) is 23.8 Å². The molecule has 2 aliphatic rings. The third-order valence-corrected chi connectivity index (χ3v) is 4.69. The molecule has 23 heavy (non-hydrogen) atoms. The van der Waals surface area contributed by atoms with Crippen LogP contribution in [-0.2, 0) is 24.0 Å². The first-order valence-corrected chi connectivity index (χ1v) is 7.87. The van der Waals surface area contributed by atoms with Crippen LogP contribution in [0.4, 0.5) is 0 Å². The maximum Gasteiger partial charge on any atom is 0.309 e. The maximum atomic E-state index is 11.9. The van der Waals surface area contributed by atoms with Gasteiger partial charge in [0.05, 0.1) is 5.92 Å². The summed E-state index contributed by atoms with van der Waals surface area (Å²) < 4.78 is 10.8. The average Bonchev–Trinajstić information content (AvgIpc) is 2.73. The van der Waals surface area contributed by atoms with Crippen molar-refractivity contribution < 1.29 is 29.2 Å². The Kier molecular flexibility index (Phi) is 5.59. The molecule has 0 aromatic rings. The van der Waals surface area contributed by atoms with Crippen molar-refractivity contribution in [3.8, 4) is 0 Å². The van der Waals surface area contributed by atoms with Crippen LogP contribution in [0.2, 0.25) is 0 Å². The molecule has 1 aliphatic carbocycles. The molecule has 1 fully saturated rings. The number of carbonyl (C=O) groups excluding carboxylic acids is 2. The predicted molar refractivity (Wildman–Crippen MR) is 82.3 cm³/mol. The summed E-state index contributed by atoms with van der Waals surface area (Å²) in [5, 5.41) is 9.16. The van der Waals surface area contributed by atoms with Crippen LogP contribution in [0.1, 0.15) is 40.0 Å². The van der Waals surface area contributed by atoms with Crippen LogP contribution in [0, 0.1) is 11.8 Å². The van der Waals surface area contributed by atoms with Crippen LogP contribution < -0.4 is 0 Å². The molecule has 0 spiro atoms. The van der Waals surface area contributed by atoms with Gasteiger partial charge in [-0.1, -0.05) is 19.1 Å². The Bertz CT molecular complexity index is 523. The van der Waals surface area contributed by atoms with Gasteiger partial charge in [-0.25, -0.2) is 4.89 Å². The van der Waals surface area contributed by atoms with Crippen molar-refractivity contribution >= 4 is 11.9 Å². The van der Waals surface area contributed by atoms with E-state index in [9.17, 15) is 9.59 Å². The zero-order chi connectivity index (χ0) is 17.1. The molecule has 3 unspecified atom stereocenters. The molecule has 1 heterocycles. The van der Waals surface area contributed by atoms with Gasteiger partial charge in [0.15, 0.2) is 0 Å². The van der Waals surface area contributed by atoms with Gasteiger partial charge in [-0.05, 0) is 37.8 Å². The van der Waals surface area contributed by atoms with Crippen molar-refractivity contribution in [2.45, 2.75) is 58.3 Å². The number of fused-ring (bicyclic) bond motifs is 1. The standard InChI is InChI=1S/C17H24O6/c1-9-5-6-14(23-20)11(3)15(21-12(4)18)8-13-10(2)17(19)22-16(13)7-9/h7,10,13-16,20H,3,5-6,8H2,1-2,4H3/b9-7+/t10-,13?,14?,15?,16+/m0/s1. The van der Waals surface area contributed by atoms with Crippen molar-refractivity contribution in [2.75, 3.05) is 0 Å². The molecule has 0 aromatic heterocycles. The van der Waals surface area contributed by atoms with Crippen molar-refractivity contribution in [1.82, 2.24) is 0 Å². The smallest absolute Gasteiger partial charge is 0.309 e. The van der Waals surface area contributed by atoms with E-state index < -0.39 is 18.2 Å². The van der Waals surface area contributed by atoms with Gasteiger partial charge in [-0.2, -0.15) is 0 Å². The summed E-state index contributed by atoms with van der Waals surface area (Å²) >= 11 is 0. The minimum absolute atomic E-state index is 0.115. The van der Waals surface area contributed by atoms with Gasteiger partial charge in [-0.15, -0.1) is 0 Å². The van der Waals surface area contributed by atoms with Gasteiger partial charge in [0.25, 0.3) is 0 Å². The molecule has 5 atom stereocenters. The molecule has 2 rings (SSSR count). The lowest BCUT2D eigenvalue weighted by molar-refractivity contribution is -0.272. The summed E-state index contributed by atoms with van der Waals surface area (Å²) in [6.07, 6.45) is 1.95. The predicted octanol–water partition coefficient (Wildman–Crippen LogP) is 2.64. The number of carbonyl (C=O) groups is 2. The molecule has 0 saturated carbocycles. The fourth-order valence-electron chi connectivity index (χ4n) is 3.24. The van der Waals surface area contributed by atoms with Gasteiger partial charge in [0.1, 0.15) is 18.3 Å². The number of allylic oxidation sites excluding steroid dienone is 1. The Morgan fingerprint density at radius 1 is 1.43 bits per heavy atom. The van der Waals surface area contributed by atoms with Crippen molar-refractivity contribution in [2.24, 2.45) is 11.8 Å². The summed E-state index contributed by atoms with van der Waals surface area (Å²) in [7, 11) is 0. The number of rotatable bonds is 2. The Balaban J connectivity index is 2.34. The number of esters is 2. The summed E-state index contributed by atoms with van der Waals surface area (Å²) in [5.41, 5.74) is 1.56. The summed E-state index contributed by atoms with van der Waals surface area (Å²) in [6, 6.07) is 0. The third kappa shape index (κ3) is 4.00. The van der Waals surface area contributed by atoms with Gasteiger partial charge in [0, 0.05) is 12.8 Å². The van der Waals surface area contributed by atoms with Crippen LogP contribution in [0.25, 0.3) is 0 Å². The zero-order valence-corrected chi connectivity index (χ0v) is 13.8. The van der Waals surface area contributed by atoms with Crippen LogP contribution in [-0.4, -0.2) is 35.5 Å². The molecule has 6 nitrogen and oxygen atoms in total. The molecular weight excluding hydrogens is 300 g/mol. The quantitative estimate of drug-likeness (QED) is 0.364. The van der Waals surface area contributed by atoms with E-state index in [2.05, 4.69) is 11.5 Å².